The number of hydrogen-bond acceptors (Lipinski definition) is 10. The molecule has 11 nitrogen and oxygen atoms in total. The van der Waals surface area contributed by atoms with Gasteiger partial charge in [0.1, 0.15) is 18.8 Å². The van der Waals surface area contributed by atoms with E-state index in [0.29, 0.717) is 0 Å². The van der Waals surface area contributed by atoms with Crippen molar-refractivity contribution in [1.82, 2.24) is 5.32 Å². The Hall–Kier alpha value is -2.92. The van der Waals surface area contributed by atoms with Crippen LogP contribution >= 0.6 is 0 Å². The van der Waals surface area contributed by atoms with E-state index in [1.54, 1.807) is 0 Å². The monoisotopic (exact) mass is 399 g/mol. The van der Waals surface area contributed by atoms with Gasteiger partial charge in [0, 0.05) is 20.8 Å². The molecule has 0 radical (unpaired) electrons. The Morgan fingerprint density at radius 1 is 1.07 bits per heavy atom. The van der Waals surface area contributed by atoms with Gasteiger partial charge in [0.2, 0.25) is 0 Å². The van der Waals surface area contributed by atoms with E-state index in [0.717, 1.165) is 20.8 Å². The van der Waals surface area contributed by atoms with Crippen molar-refractivity contribution in [2.75, 3.05) is 6.61 Å². The zero-order valence-electron chi connectivity index (χ0n) is 15.4. The molecule has 2 N–H and O–H groups in total. The minimum absolute atomic E-state index is 0.0557. The molecule has 0 saturated carbocycles. The first-order chi connectivity index (χ1) is 13.2. The van der Waals surface area contributed by atoms with Crippen LogP contribution in [0.25, 0.3) is 0 Å². The Kier molecular flexibility index (Phi) is 7.12. The van der Waals surface area contributed by atoms with Crippen LogP contribution in [0.15, 0.2) is 22.8 Å². The van der Waals surface area contributed by atoms with Gasteiger partial charge in [-0.15, -0.1) is 0 Å². The number of rotatable bonds is 6. The van der Waals surface area contributed by atoms with E-state index in [-0.39, 0.29) is 12.4 Å². The molecule has 1 aliphatic rings. The van der Waals surface area contributed by atoms with Crippen LogP contribution in [0, 0.1) is 0 Å². The first-order valence-electron chi connectivity index (χ1n) is 8.34. The molecule has 2 rings (SSSR count). The third-order valence-electron chi connectivity index (χ3n) is 3.76. The number of aliphatic hydroxyl groups excluding tert-OH is 1. The highest BCUT2D eigenvalue weighted by atomic mass is 16.7. The molecular formula is C17H21NO10. The third kappa shape index (κ3) is 5.54. The summed E-state index contributed by atoms with van der Waals surface area (Å²) < 4.78 is 25.6. The number of hydrogen-bond donors (Lipinski definition) is 2. The number of amides is 1. The Bertz CT molecular complexity index is 716. The number of ether oxygens (including phenoxy) is 4. The van der Waals surface area contributed by atoms with Crippen molar-refractivity contribution in [2.45, 2.75) is 51.4 Å². The lowest BCUT2D eigenvalue weighted by Crippen LogP contribution is -2.66. The van der Waals surface area contributed by atoms with E-state index in [1.807, 2.05) is 0 Å². The summed E-state index contributed by atoms with van der Waals surface area (Å²) in [4.78, 5) is 46.5. The molecular weight excluding hydrogens is 378 g/mol. The maximum atomic E-state index is 12.3. The van der Waals surface area contributed by atoms with Gasteiger partial charge in [-0.1, -0.05) is 0 Å². The van der Waals surface area contributed by atoms with E-state index in [9.17, 15) is 24.3 Å². The second kappa shape index (κ2) is 9.33. The summed E-state index contributed by atoms with van der Waals surface area (Å²) in [5.74, 6) is -2.88. The van der Waals surface area contributed by atoms with E-state index in [4.69, 9.17) is 23.4 Å². The van der Waals surface area contributed by atoms with Gasteiger partial charge in [0.05, 0.1) is 6.26 Å². The fourth-order valence-corrected chi connectivity index (χ4v) is 2.70. The van der Waals surface area contributed by atoms with Gasteiger partial charge in [-0.2, -0.15) is 0 Å². The van der Waals surface area contributed by atoms with Crippen molar-refractivity contribution in [1.29, 1.82) is 0 Å². The Balaban J connectivity index is 2.29. The second-order valence-corrected chi connectivity index (χ2v) is 5.99. The maximum Gasteiger partial charge on any atom is 0.303 e. The lowest BCUT2D eigenvalue weighted by Gasteiger charge is -2.43. The molecule has 28 heavy (non-hydrogen) atoms. The quantitative estimate of drug-likeness (QED) is 0.474. The molecule has 1 aliphatic heterocycles. The van der Waals surface area contributed by atoms with Gasteiger partial charge in [0.15, 0.2) is 24.3 Å². The smallest absolute Gasteiger partial charge is 0.303 e. The van der Waals surface area contributed by atoms with Crippen LogP contribution in [0.4, 0.5) is 0 Å². The Labute approximate surface area is 159 Å². The number of carbonyl (C=O) groups excluding carboxylic acids is 4. The number of aliphatic hydroxyl groups is 1. The van der Waals surface area contributed by atoms with Crippen molar-refractivity contribution in [2.24, 2.45) is 0 Å². The second-order valence-electron chi connectivity index (χ2n) is 5.99. The van der Waals surface area contributed by atoms with E-state index in [1.165, 1.54) is 18.4 Å². The van der Waals surface area contributed by atoms with Crippen LogP contribution in [0.2, 0.25) is 0 Å². The molecule has 154 valence electrons. The molecule has 0 bridgehead atoms. The largest absolute Gasteiger partial charge is 0.463 e. The SMILES string of the molecule is CC(=O)OC[C@H]1O[C@@H](O)[C@H](NC(=O)c2ccco2)[C@@H](OC(C)=O)[C@@H]1OC(C)=O. The van der Waals surface area contributed by atoms with E-state index in [2.05, 4.69) is 5.32 Å². The number of esters is 3. The zero-order chi connectivity index (χ0) is 20.8. The molecule has 1 aromatic heterocycles. The van der Waals surface area contributed by atoms with Gasteiger partial charge >= 0.3 is 17.9 Å². The van der Waals surface area contributed by atoms with Crippen LogP contribution in [0.3, 0.4) is 0 Å². The summed E-state index contributed by atoms with van der Waals surface area (Å²) in [7, 11) is 0. The fourth-order valence-electron chi connectivity index (χ4n) is 2.70. The van der Waals surface area contributed by atoms with Crippen LogP contribution in [-0.2, 0) is 33.3 Å². The summed E-state index contributed by atoms with van der Waals surface area (Å²) in [6.07, 6.45) is -4.08. The topological polar surface area (TPSA) is 151 Å². The van der Waals surface area contributed by atoms with Gasteiger partial charge in [0.25, 0.3) is 5.91 Å². The summed E-state index contributed by atoms with van der Waals surface area (Å²) in [6, 6.07) is 1.59. The highest BCUT2D eigenvalue weighted by molar-refractivity contribution is 5.91. The summed E-state index contributed by atoms with van der Waals surface area (Å²) in [5, 5.41) is 12.8. The van der Waals surface area contributed by atoms with Gasteiger partial charge in [-0.3, -0.25) is 19.2 Å². The minimum Gasteiger partial charge on any atom is -0.463 e. The average molecular weight is 399 g/mol. The molecule has 0 spiro atoms. The molecule has 2 heterocycles. The van der Waals surface area contributed by atoms with Crippen molar-refractivity contribution >= 4 is 23.8 Å². The highest BCUT2D eigenvalue weighted by Gasteiger charge is 2.50. The van der Waals surface area contributed by atoms with Crippen molar-refractivity contribution < 1.29 is 47.6 Å². The first-order valence-corrected chi connectivity index (χ1v) is 8.34. The predicted molar refractivity (Wildman–Crippen MR) is 88.6 cm³/mol. The molecule has 5 atom stereocenters. The van der Waals surface area contributed by atoms with Crippen LogP contribution in [0.1, 0.15) is 31.3 Å². The normalized spacial score (nSPS) is 26.8. The lowest BCUT2D eigenvalue weighted by molar-refractivity contribution is -0.263. The van der Waals surface area contributed by atoms with Gasteiger partial charge < -0.3 is 33.8 Å². The van der Waals surface area contributed by atoms with Crippen LogP contribution in [-0.4, -0.2) is 66.2 Å². The predicted octanol–water partition coefficient (Wildman–Crippen LogP) is -0.478. The zero-order valence-corrected chi connectivity index (χ0v) is 15.4. The minimum atomic E-state index is -1.66. The molecule has 1 aromatic rings. The molecule has 0 unspecified atom stereocenters. The average Bonchev–Trinajstić information content (AvgIpc) is 3.12. The first kappa shape index (κ1) is 21.4. The molecule has 1 saturated heterocycles. The van der Waals surface area contributed by atoms with Crippen molar-refractivity contribution in [3.05, 3.63) is 24.2 Å². The Morgan fingerprint density at radius 2 is 1.71 bits per heavy atom. The van der Waals surface area contributed by atoms with E-state index < -0.39 is 54.5 Å². The summed E-state index contributed by atoms with van der Waals surface area (Å²) >= 11 is 0. The number of furan rings is 1. The number of nitrogens with one attached hydrogen (secondary N) is 1. The standard InChI is InChI=1S/C17H21NO10/c1-8(19)25-7-12-14(26-9(2)20)15(27-10(3)21)13(17(23)28-12)18-16(22)11-5-4-6-24-11/h4-6,12-15,17,23H,7H2,1-3H3,(H,18,22)/t12-,13-,14-,15-,17-/m1/s1. The molecule has 1 fully saturated rings. The molecule has 1 amide bonds. The molecule has 11 heteroatoms. The van der Waals surface area contributed by atoms with Crippen molar-refractivity contribution in [3.8, 4) is 0 Å². The summed E-state index contributed by atoms with van der Waals surface area (Å²) in [5.41, 5.74) is 0. The van der Waals surface area contributed by atoms with Crippen molar-refractivity contribution in [3.63, 3.8) is 0 Å². The summed E-state index contributed by atoms with van der Waals surface area (Å²) in [6.45, 7) is 3.02. The van der Waals surface area contributed by atoms with E-state index >= 15 is 0 Å². The third-order valence-corrected chi connectivity index (χ3v) is 3.76. The molecule has 0 aliphatic carbocycles. The fraction of sp³-hybridized carbons (Fsp3) is 0.529. The van der Waals surface area contributed by atoms with Crippen LogP contribution in [0.5, 0.6) is 0 Å². The number of carbonyl (C=O) groups is 4. The maximum absolute atomic E-state index is 12.3. The molecule has 0 aromatic carbocycles. The van der Waals surface area contributed by atoms with Gasteiger partial charge in [-0.25, -0.2) is 0 Å². The van der Waals surface area contributed by atoms with Gasteiger partial charge in [-0.05, 0) is 12.1 Å². The highest BCUT2D eigenvalue weighted by Crippen LogP contribution is 2.26. The van der Waals surface area contributed by atoms with Crippen LogP contribution < -0.4 is 5.32 Å². The Morgan fingerprint density at radius 3 is 2.25 bits per heavy atom. The lowest BCUT2D eigenvalue weighted by atomic mass is 9.96.